The lowest BCUT2D eigenvalue weighted by molar-refractivity contribution is -0.140. The Kier molecular flexibility index (Phi) is 8.25. The lowest BCUT2D eigenvalue weighted by Gasteiger charge is -2.14. The van der Waals surface area contributed by atoms with Crippen LogP contribution in [0.5, 0.6) is 0 Å². The summed E-state index contributed by atoms with van der Waals surface area (Å²) in [4.78, 5) is 18.2. The molecule has 0 unspecified atom stereocenters. The zero-order valence-electron chi connectivity index (χ0n) is 15.4. The van der Waals surface area contributed by atoms with Crippen molar-refractivity contribution < 1.29 is 9.53 Å². The highest BCUT2D eigenvalue weighted by atomic mass is 16.5. The Bertz CT molecular complexity index is 551. The van der Waals surface area contributed by atoms with Crippen LogP contribution in [0.4, 0.5) is 0 Å². The van der Waals surface area contributed by atoms with Crippen molar-refractivity contribution in [3.63, 3.8) is 0 Å². The quantitative estimate of drug-likeness (QED) is 0.428. The summed E-state index contributed by atoms with van der Waals surface area (Å²) < 4.78 is 4.64. The fourth-order valence-corrected chi connectivity index (χ4v) is 2.85. The number of hydrogen-bond donors (Lipinski definition) is 2. The highest BCUT2D eigenvalue weighted by Crippen LogP contribution is 2.13. The maximum Gasteiger partial charge on any atom is 0.307 e. The molecule has 1 aliphatic heterocycles. The maximum absolute atomic E-state index is 11.2. The van der Waals surface area contributed by atoms with Gasteiger partial charge in [0, 0.05) is 19.6 Å². The number of nitrogens with one attached hydrogen (secondary N) is 2. The molecule has 1 fully saturated rings. The molecule has 1 aromatic rings. The molecule has 0 aliphatic carbocycles. The Balaban J connectivity index is 1.82. The van der Waals surface area contributed by atoms with Gasteiger partial charge in [-0.15, -0.1) is 0 Å². The summed E-state index contributed by atoms with van der Waals surface area (Å²) in [6.07, 6.45) is 2.97. The molecule has 0 bridgehead atoms. The van der Waals surface area contributed by atoms with Crippen LogP contribution in [-0.2, 0) is 22.6 Å². The Morgan fingerprint density at radius 1 is 1.16 bits per heavy atom. The smallest absolute Gasteiger partial charge is 0.307 e. The van der Waals surface area contributed by atoms with Gasteiger partial charge in [0.2, 0.25) is 0 Å². The number of aliphatic imine (C=N–C) groups is 1. The van der Waals surface area contributed by atoms with E-state index in [4.69, 9.17) is 0 Å². The number of likely N-dealkylation sites (tertiary alicyclic amines) is 1. The van der Waals surface area contributed by atoms with Crippen molar-refractivity contribution in [2.45, 2.75) is 39.3 Å². The molecule has 0 saturated carbocycles. The molecule has 1 heterocycles. The van der Waals surface area contributed by atoms with E-state index in [1.807, 2.05) is 6.92 Å². The van der Waals surface area contributed by atoms with E-state index < -0.39 is 0 Å². The zero-order chi connectivity index (χ0) is 17.9. The molecule has 2 N–H and O–H groups in total. The van der Waals surface area contributed by atoms with Crippen molar-refractivity contribution in [3.05, 3.63) is 35.4 Å². The van der Waals surface area contributed by atoms with Gasteiger partial charge in [-0.1, -0.05) is 24.3 Å². The predicted molar refractivity (Wildman–Crippen MR) is 100 cm³/mol. The summed E-state index contributed by atoms with van der Waals surface area (Å²) in [5.74, 6) is 0.490. The minimum Gasteiger partial charge on any atom is -0.469 e. The third-order valence-electron chi connectivity index (χ3n) is 4.24. The van der Waals surface area contributed by atoms with Gasteiger partial charge >= 0.3 is 5.97 Å². The van der Waals surface area contributed by atoms with E-state index in [-0.39, 0.29) is 5.97 Å². The summed E-state index contributed by atoms with van der Waals surface area (Å²) in [5, 5.41) is 6.33. The van der Waals surface area contributed by atoms with Crippen LogP contribution in [0.3, 0.4) is 0 Å². The number of esters is 1. The van der Waals surface area contributed by atoms with Crippen molar-refractivity contribution in [1.29, 1.82) is 0 Å². The van der Waals surface area contributed by atoms with E-state index in [2.05, 4.69) is 49.5 Å². The first-order valence-electron chi connectivity index (χ1n) is 9.10. The van der Waals surface area contributed by atoms with Crippen molar-refractivity contribution in [1.82, 2.24) is 15.5 Å². The zero-order valence-corrected chi connectivity index (χ0v) is 15.4. The second-order valence-corrected chi connectivity index (χ2v) is 6.25. The molecule has 0 amide bonds. The lowest BCUT2D eigenvalue weighted by Crippen LogP contribution is -2.38. The Hall–Kier alpha value is -2.08. The second-order valence-electron chi connectivity index (χ2n) is 6.25. The highest BCUT2D eigenvalue weighted by molar-refractivity contribution is 5.80. The van der Waals surface area contributed by atoms with Crippen molar-refractivity contribution in [2.24, 2.45) is 4.99 Å². The van der Waals surface area contributed by atoms with E-state index in [0.29, 0.717) is 25.5 Å². The fraction of sp³-hybridized carbons (Fsp3) is 0.579. The number of carbonyl (C=O) groups is 1. The molecule has 6 heteroatoms. The Labute approximate surface area is 150 Å². The van der Waals surface area contributed by atoms with Crippen molar-refractivity contribution in [3.8, 4) is 0 Å². The second kappa shape index (κ2) is 10.7. The summed E-state index contributed by atoms with van der Waals surface area (Å²) in [6.45, 7) is 7.39. The summed E-state index contributed by atoms with van der Waals surface area (Å²) in [6, 6.07) is 8.68. The van der Waals surface area contributed by atoms with Crippen LogP contribution in [0, 0.1) is 0 Å². The molecule has 1 aliphatic rings. The van der Waals surface area contributed by atoms with Crippen LogP contribution in [0.15, 0.2) is 29.3 Å². The van der Waals surface area contributed by atoms with Gasteiger partial charge in [0.05, 0.1) is 20.1 Å². The molecule has 25 heavy (non-hydrogen) atoms. The van der Waals surface area contributed by atoms with Gasteiger partial charge < -0.3 is 15.4 Å². The van der Waals surface area contributed by atoms with Crippen molar-refractivity contribution in [2.75, 3.05) is 33.3 Å². The number of carbonyl (C=O) groups excluding carboxylic acids is 1. The molecule has 1 saturated heterocycles. The normalized spacial score (nSPS) is 15.2. The standard InChI is InChI=1S/C19H30N4O2/c1-3-20-19(21-11-10-18(24)25-2)22-14-16-6-8-17(9-7-16)15-23-12-4-5-13-23/h6-9H,3-5,10-15H2,1-2H3,(H2,20,21,22). The third kappa shape index (κ3) is 7.13. The Morgan fingerprint density at radius 2 is 1.84 bits per heavy atom. The van der Waals surface area contributed by atoms with Crippen LogP contribution in [0.25, 0.3) is 0 Å². The number of guanidine groups is 1. The van der Waals surface area contributed by atoms with E-state index in [1.54, 1.807) is 0 Å². The SMILES string of the molecule is CCNC(=NCc1ccc(CN2CCCC2)cc1)NCCC(=O)OC. The van der Waals surface area contributed by atoms with Gasteiger partial charge in [0.1, 0.15) is 0 Å². The molecule has 1 aromatic carbocycles. The van der Waals surface area contributed by atoms with Crippen molar-refractivity contribution >= 4 is 11.9 Å². The molecule has 0 atom stereocenters. The summed E-state index contributed by atoms with van der Waals surface area (Å²) in [7, 11) is 1.40. The van der Waals surface area contributed by atoms with Gasteiger partial charge in [0.25, 0.3) is 0 Å². The minimum atomic E-state index is -0.225. The Morgan fingerprint density at radius 3 is 2.48 bits per heavy atom. The largest absolute Gasteiger partial charge is 0.469 e. The van der Waals surface area contributed by atoms with Gasteiger partial charge in [0.15, 0.2) is 5.96 Å². The number of methoxy groups -OCH3 is 1. The fourth-order valence-electron chi connectivity index (χ4n) is 2.85. The molecule has 0 spiro atoms. The first-order valence-corrected chi connectivity index (χ1v) is 9.10. The average Bonchev–Trinajstić information content (AvgIpc) is 3.13. The summed E-state index contributed by atoms with van der Waals surface area (Å²) in [5.41, 5.74) is 2.54. The number of rotatable bonds is 8. The first-order chi connectivity index (χ1) is 12.2. The maximum atomic E-state index is 11.2. The average molecular weight is 346 g/mol. The number of nitrogens with zero attached hydrogens (tertiary/aromatic N) is 2. The van der Waals surface area contributed by atoms with Crippen LogP contribution >= 0.6 is 0 Å². The van der Waals surface area contributed by atoms with Crippen LogP contribution in [0.2, 0.25) is 0 Å². The molecule has 2 rings (SSSR count). The van der Waals surface area contributed by atoms with E-state index in [0.717, 1.165) is 13.1 Å². The van der Waals surface area contributed by atoms with Gasteiger partial charge in [-0.3, -0.25) is 9.69 Å². The highest BCUT2D eigenvalue weighted by Gasteiger charge is 2.11. The topological polar surface area (TPSA) is 66.0 Å². The van der Waals surface area contributed by atoms with Gasteiger partial charge in [-0.2, -0.15) is 0 Å². The first kappa shape index (κ1) is 19.2. The molecule has 0 radical (unpaired) electrons. The molecule has 138 valence electrons. The molecule has 0 aromatic heterocycles. The van der Waals surface area contributed by atoms with Gasteiger partial charge in [-0.05, 0) is 44.0 Å². The number of hydrogen-bond acceptors (Lipinski definition) is 4. The van der Waals surface area contributed by atoms with E-state index in [1.165, 1.54) is 44.2 Å². The minimum absolute atomic E-state index is 0.225. The molecular weight excluding hydrogens is 316 g/mol. The van der Waals surface area contributed by atoms with Crippen LogP contribution in [-0.4, -0.2) is 50.1 Å². The van der Waals surface area contributed by atoms with E-state index >= 15 is 0 Å². The van der Waals surface area contributed by atoms with E-state index in [9.17, 15) is 4.79 Å². The molecular formula is C19H30N4O2. The van der Waals surface area contributed by atoms with Crippen LogP contribution < -0.4 is 10.6 Å². The number of benzene rings is 1. The number of ether oxygens (including phenoxy) is 1. The lowest BCUT2D eigenvalue weighted by atomic mass is 10.1. The van der Waals surface area contributed by atoms with Crippen LogP contribution in [0.1, 0.15) is 37.3 Å². The monoisotopic (exact) mass is 346 g/mol. The third-order valence-corrected chi connectivity index (χ3v) is 4.24. The molecule has 6 nitrogen and oxygen atoms in total. The summed E-state index contributed by atoms with van der Waals surface area (Å²) >= 11 is 0. The predicted octanol–water partition coefficient (Wildman–Crippen LogP) is 1.90. The van der Waals surface area contributed by atoms with Gasteiger partial charge in [-0.25, -0.2) is 4.99 Å².